The normalized spacial score (nSPS) is 11.9. The number of pyridine rings is 1. The van der Waals surface area contributed by atoms with E-state index in [1.165, 1.54) is 18.3 Å². The number of nitrogens with one attached hydrogen (secondary N) is 1. The molecule has 1 aromatic carbocycles. The molecule has 0 spiro atoms. The maximum atomic E-state index is 12.9. The number of nitrogens with zero attached hydrogens (tertiary/aromatic N) is 2. The summed E-state index contributed by atoms with van der Waals surface area (Å²) in [5, 5.41) is 16.8. The zero-order valence-corrected chi connectivity index (χ0v) is 12.3. The lowest BCUT2D eigenvalue weighted by molar-refractivity contribution is 0.480. The van der Waals surface area contributed by atoms with Gasteiger partial charge in [-0.2, -0.15) is 5.10 Å². The summed E-state index contributed by atoms with van der Waals surface area (Å²) in [6.45, 7) is 3.30. The predicted octanol–water partition coefficient (Wildman–Crippen LogP) is 2.11. The first-order chi connectivity index (χ1) is 9.93. The smallest absolute Gasteiger partial charge is 0.210 e. The Balaban J connectivity index is 2.38. The number of phenols is 1. The van der Waals surface area contributed by atoms with E-state index in [0.29, 0.717) is 16.8 Å². The third kappa shape index (κ3) is 1.97. The van der Waals surface area contributed by atoms with E-state index < -0.39 is 9.84 Å². The third-order valence-electron chi connectivity index (χ3n) is 3.33. The molecular formula is C14H13N3O3S. The molecule has 0 unspecified atom stereocenters. The lowest BCUT2D eigenvalue weighted by Gasteiger charge is -2.09. The molecule has 0 bridgehead atoms. The minimum Gasteiger partial charge on any atom is -0.506 e. The molecule has 6 nitrogen and oxygen atoms in total. The second-order valence-electron chi connectivity index (χ2n) is 4.75. The second kappa shape index (κ2) is 4.56. The van der Waals surface area contributed by atoms with Crippen LogP contribution in [-0.4, -0.2) is 28.7 Å². The molecule has 3 rings (SSSR count). The van der Waals surface area contributed by atoms with Gasteiger partial charge in [-0.05, 0) is 38.1 Å². The van der Waals surface area contributed by atoms with E-state index in [-0.39, 0.29) is 21.1 Å². The molecule has 3 aromatic rings. The molecule has 2 N–H and O–H groups in total. The molecule has 2 heterocycles. The lowest BCUT2D eigenvalue weighted by atomic mass is 10.2. The molecule has 0 fully saturated rings. The maximum Gasteiger partial charge on any atom is 0.210 e. The molecular weight excluding hydrogens is 290 g/mol. The number of hydrogen-bond acceptors (Lipinski definition) is 5. The molecule has 0 amide bonds. The quantitative estimate of drug-likeness (QED) is 0.756. The zero-order chi connectivity index (χ0) is 15.2. The number of hydrogen-bond donors (Lipinski definition) is 2. The fourth-order valence-corrected chi connectivity index (χ4v) is 4.22. The number of aromatic hydroxyl groups is 1. The van der Waals surface area contributed by atoms with Gasteiger partial charge in [0.05, 0.1) is 16.3 Å². The van der Waals surface area contributed by atoms with Crippen molar-refractivity contribution in [1.82, 2.24) is 15.2 Å². The van der Waals surface area contributed by atoms with Crippen molar-refractivity contribution in [3.05, 3.63) is 41.9 Å². The van der Waals surface area contributed by atoms with Gasteiger partial charge in [-0.1, -0.05) is 0 Å². The standard InChI is InChI=1S/C14H13N3O3S/c1-8-14(9(2)17-16-8)21(19,20)12-6-5-11(18)13-10(12)4-3-7-15-13/h3-7,18H,1-2H3,(H,16,17). The number of phenolic OH excluding ortho intramolecular Hbond substituents is 1. The number of aryl methyl sites for hydroxylation is 2. The van der Waals surface area contributed by atoms with Crippen LogP contribution in [0, 0.1) is 13.8 Å². The van der Waals surface area contributed by atoms with Gasteiger partial charge in [-0.3, -0.25) is 10.1 Å². The van der Waals surface area contributed by atoms with Gasteiger partial charge in [0.15, 0.2) is 0 Å². The summed E-state index contributed by atoms with van der Waals surface area (Å²) in [6.07, 6.45) is 1.51. The maximum absolute atomic E-state index is 12.9. The van der Waals surface area contributed by atoms with E-state index in [9.17, 15) is 13.5 Å². The molecule has 0 saturated heterocycles. The third-order valence-corrected chi connectivity index (χ3v) is 5.40. The molecule has 21 heavy (non-hydrogen) atoms. The number of sulfone groups is 1. The van der Waals surface area contributed by atoms with Crippen LogP contribution in [0.15, 0.2) is 40.3 Å². The number of benzene rings is 1. The van der Waals surface area contributed by atoms with Gasteiger partial charge >= 0.3 is 0 Å². The Morgan fingerprint density at radius 1 is 1.19 bits per heavy atom. The van der Waals surface area contributed by atoms with E-state index in [0.717, 1.165) is 0 Å². The number of H-pyrrole nitrogens is 1. The second-order valence-corrected chi connectivity index (χ2v) is 6.60. The number of rotatable bonds is 2. The highest BCUT2D eigenvalue weighted by molar-refractivity contribution is 7.91. The zero-order valence-electron chi connectivity index (χ0n) is 11.5. The van der Waals surface area contributed by atoms with Crippen molar-refractivity contribution in [3.8, 4) is 5.75 Å². The first kappa shape index (κ1) is 13.6. The van der Waals surface area contributed by atoms with Crippen molar-refractivity contribution in [3.63, 3.8) is 0 Å². The monoisotopic (exact) mass is 303 g/mol. The van der Waals surface area contributed by atoms with Gasteiger partial charge in [0.2, 0.25) is 9.84 Å². The summed E-state index contributed by atoms with van der Waals surface area (Å²) in [4.78, 5) is 4.32. The highest BCUT2D eigenvalue weighted by Crippen LogP contribution is 2.33. The highest BCUT2D eigenvalue weighted by atomic mass is 32.2. The van der Waals surface area contributed by atoms with Crippen LogP contribution in [0.3, 0.4) is 0 Å². The van der Waals surface area contributed by atoms with Gasteiger partial charge in [0.1, 0.15) is 16.2 Å². The summed E-state index contributed by atoms with van der Waals surface area (Å²) in [5.74, 6) is -0.0508. The van der Waals surface area contributed by atoms with Crippen LogP contribution in [-0.2, 0) is 9.84 Å². The molecule has 0 aliphatic carbocycles. The topological polar surface area (TPSA) is 95.9 Å². The Hall–Kier alpha value is -2.41. The summed E-state index contributed by atoms with van der Waals surface area (Å²) >= 11 is 0. The van der Waals surface area contributed by atoms with Crippen LogP contribution in [0.2, 0.25) is 0 Å². The molecule has 0 saturated carbocycles. The Bertz CT molecular complexity index is 926. The SMILES string of the molecule is Cc1n[nH]c(C)c1S(=O)(=O)c1ccc(O)c2ncccc12. The van der Waals surface area contributed by atoms with Gasteiger partial charge in [0.25, 0.3) is 0 Å². The van der Waals surface area contributed by atoms with Crippen molar-refractivity contribution in [2.45, 2.75) is 23.6 Å². The van der Waals surface area contributed by atoms with Crippen molar-refractivity contribution >= 4 is 20.7 Å². The van der Waals surface area contributed by atoms with E-state index in [1.54, 1.807) is 26.0 Å². The number of aromatic amines is 1. The van der Waals surface area contributed by atoms with Crippen LogP contribution < -0.4 is 0 Å². The first-order valence-corrected chi connectivity index (χ1v) is 7.74. The largest absolute Gasteiger partial charge is 0.506 e. The van der Waals surface area contributed by atoms with Crippen LogP contribution in [0.1, 0.15) is 11.4 Å². The van der Waals surface area contributed by atoms with Gasteiger partial charge in [-0.15, -0.1) is 0 Å². The fraction of sp³-hybridized carbons (Fsp3) is 0.143. The predicted molar refractivity (Wildman–Crippen MR) is 76.9 cm³/mol. The molecule has 108 valence electrons. The molecule has 7 heteroatoms. The summed E-state index contributed by atoms with van der Waals surface area (Å²) < 4.78 is 25.8. The summed E-state index contributed by atoms with van der Waals surface area (Å²) in [5.41, 5.74) is 1.16. The molecule has 0 atom stereocenters. The van der Waals surface area contributed by atoms with E-state index in [4.69, 9.17) is 0 Å². The van der Waals surface area contributed by atoms with Crippen molar-refractivity contribution in [2.75, 3.05) is 0 Å². The van der Waals surface area contributed by atoms with Gasteiger partial charge in [-0.25, -0.2) is 8.42 Å². The van der Waals surface area contributed by atoms with E-state index >= 15 is 0 Å². The highest BCUT2D eigenvalue weighted by Gasteiger charge is 2.27. The van der Waals surface area contributed by atoms with Gasteiger partial charge in [0, 0.05) is 11.6 Å². The van der Waals surface area contributed by atoms with Crippen LogP contribution in [0.25, 0.3) is 10.9 Å². The van der Waals surface area contributed by atoms with Gasteiger partial charge < -0.3 is 5.11 Å². The van der Waals surface area contributed by atoms with Crippen LogP contribution >= 0.6 is 0 Å². The van der Waals surface area contributed by atoms with E-state index in [2.05, 4.69) is 15.2 Å². The lowest BCUT2D eigenvalue weighted by Crippen LogP contribution is -2.05. The molecule has 0 radical (unpaired) electrons. The fourth-order valence-electron chi connectivity index (χ4n) is 2.41. The molecule has 0 aliphatic rings. The summed E-state index contributed by atoms with van der Waals surface area (Å²) in [6, 6.07) is 5.99. The Labute approximate surface area is 121 Å². The Kier molecular flexibility index (Phi) is 2.94. The summed E-state index contributed by atoms with van der Waals surface area (Å²) in [7, 11) is -3.75. The number of aromatic nitrogens is 3. The van der Waals surface area contributed by atoms with Crippen LogP contribution in [0.5, 0.6) is 5.75 Å². The average molecular weight is 303 g/mol. The minimum absolute atomic E-state index is 0.0508. The molecule has 2 aromatic heterocycles. The van der Waals surface area contributed by atoms with Crippen molar-refractivity contribution in [1.29, 1.82) is 0 Å². The molecule has 0 aliphatic heterocycles. The van der Waals surface area contributed by atoms with E-state index in [1.807, 2.05) is 0 Å². The Morgan fingerprint density at radius 2 is 1.95 bits per heavy atom. The van der Waals surface area contributed by atoms with Crippen molar-refractivity contribution < 1.29 is 13.5 Å². The number of fused-ring (bicyclic) bond motifs is 1. The minimum atomic E-state index is -3.75. The first-order valence-electron chi connectivity index (χ1n) is 6.26. The van der Waals surface area contributed by atoms with Crippen LogP contribution in [0.4, 0.5) is 0 Å². The average Bonchev–Trinajstić information content (AvgIpc) is 2.79. The Morgan fingerprint density at radius 3 is 2.62 bits per heavy atom. The van der Waals surface area contributed by atoms with Crippen molar-refractivity contribution in [2.24, 2.45) is 0 Å².